The molecule has 0 spiro atoms. The van der Waals surface area contributed by atoms with Crippen LogP contribution < -0.4 is 0 Å². The quantitative estimate of drug-likeness (QED) is 0.440. The number of aryl methyl sites for hydroxylation is 2. The third-order valence-electron chi connectivity index (χ3n) is 4.61. The number of fused-ring (bicyclic) bond motifs is 1. The Kier molecular flexibility index (Phi) is 6.09. The second-order valence-electron chi connectivity index (χ2n) is 6.33. The van der Waals surface area contributed by atoms with Crippen LogP contribution in [0.25, 0.3) is 10.9 Å². The minimum Gasteiger partial charge on any atom is -0.344 e. The van der Waals surface area contributed by atoms with E-state index in [-0.39, 0.29) is 0 Å². The van der Waals surface area contributed by atoms with Gasteiger partial charge in [0.1, 0.15) is 0 Å². The van der Waals surface area contributed by atoms with Crippen molar-refractivity contribution in [1.82, 2.24) is 9.55 Å². The summed E-state index contributed by atoms with van der Waals surface area (Å²) >= 11 is 3.65. The van der Waals surface area contributed by atoms with Gasteiger partial charge in [-0.15, -0.1) is 0 Å². The summed E-state index contributed by atoms with van der Waals surface area (Å²) in [7, 11) is 0. The highest BCUT2D eigenvalue weighted by Crippen LogP contribution is 2.31. The molecule has 0 amide bonds. The molecule has 0 aliphatic heterocycles. The summed E-state index contributed by atoms with van der Waals surface area (Å²) in [5.74, 6) is 0. The second kappa shape index (κ2) is 8.48. The zero-order valence-electron chi connectivity index (χ0n) is 15.0. The van der Waals surface area contributed by atoms with Gasteiger partial charge in [0.15, 0.2) is 0 Å². The van der Waals surface area contributed by atoms with Crippen molar-refractivity contribution in [3.8, 4) is 0 Å². The first-order chi connectivity index (χ1) is 12.2. The average Bonchev–Trinajstić information content (AvgIpc) is 2.91. The zero-order chi connectivity index (χ0) is 17.6. The number of hydrogen-bond donors (Lipinski definition) is 0. The molecular weight excluding hydrogens is 372 g/mol. The van der Waals surface area contributed by atoms with Gasteiger partial charge in [0.25, 0.3) is 0 Å². The molecule has 3 rings (SSSR count). The standard InChI is InChI=1S/C22H25BrN2/c1-3-5-10-19-20-16-17(23)11-12-22(20)25(21(19)8-4-2)15-13-18-9-6-7-14-24-18/h3,5-7,9,11-12,14,16H,4,8,10,13,15H2,1-2H3/b5-3-. The van der Waals surface area contributed by atoms with Crippen molar-refractivity contribution >= 4 is 26.8 Å². The van der Waals surface area contributed by atoms with Gasteiger partial charge in [0.05, 0.1) is 0 Å². The van der Waals surface area contributed by atoms with E-state index >= 15 is 0 Å². The van der Waals surface area contributed by atoms with Gasteiger partial charge in [-0.3, -0.25) is 4.98 Å². The van der Waals surface area contributed by atoms with Crippen LogP contribution >= 0.6 is 15.9 Å². The fourth-order valence-corrected chi connectivity index (χ4v) is 3.82. The molecule has 3 heteroatoms. The number of rotatable bonds is 7. The number of benzene rings is 1. The fourth-order valence-electron chi connectivity index (χ4n) is 3.46. The molecule has 0 unspecified atom stereocenters. The highest BCUT2D eigenvalue weighted by atomic mass is 79.9. The maximum Gasteiger partial charge on any atom is 0.0486 e. The molecule has 2 nitrogen and oxygen atoms in total. The summed E-state index contributed by atoms with van der Waals surface area (Å²) in [5, 5.41) is 1.37. The van der Waals surface area contributed by atoms with Gasteiger partial charge in [-0.25, -0.2) is 0 Å². The van der Waals surface area contributed by atoms with Crippen LogP contribution in [-0.4, -0.2) is 9.55 Å². The number of pyridine rings is 1. The SMILES string of the molecule is C/C=C\Cc1c(CCC)n(CCc2ccccn2)c2ccc(Br)cc12. The smallest absolute Gasteiger partial charge is 0.0486 e. The van der Waals surface area contributed by atoms with E-state index in [0.717, 1.165) is 42.4 Å². The zero-order valence-corrected chi connectivity index (χ0v) is 16.6. The molecule has 0 radical (unpaired) electrons. The van der Waals surface area contributed by atoms with Crippen LogP contribution in [0.15, 0.2) is 59.2 Å². The average molecular weight is 397 g/mol. The van der Waals surface area contributed by atoms with Crippen LogP contribution in [0.2, 0.25) is 0 Å². The van der Waals surface area contributed by atoms with Crippen LogP contribution in [0.1, 0.15) is 37.2 Å². The molecule has 0 bridgehead atoms. The Labute approximate surface area is 158 Å². The molecule has 0 saturated heterocycles. The predicted molar refractivity (Wildman–Crippen MR) is 110 cm³/mol. The Morgan fingerprint density at radius 3 is 2.76 bits per heavy atom. The van der Waals surface area contributed by atoms with Crippen LogP contribution in [0.4, 0.5) is 0 Å². The summed E-state index contributed by atoms with van der Waals surface area (Å²) in [4.78, 5) is 4.49. The summed E-state index contributed by atoms with van der Waals surface area (Å²) in [6.45, 7) is 5.33. The number of nitrogens with zero attached hydrogens (tertiary/aromatic N) is 2. The van der Waals surface area contributed by atoms with E-state index in [0.29, 0.717) is 0 Å². The van der Waals surface area contributed by atoms with E-state index in [2.05, 4.69) is 81.8 Å². The van der Waals surface area contributed by atoms with Crippen molar-refractivity contribution in [3.05, 3.63) is 76.2 Å². The summed E-state index contributed by atoms with van der Waals surface area (Å²) in [5.41, 5.74) is 5.43. The number of hydrogen-bond acceptors (Lipinski definition) is 1. The van der Waals surface area contributed by atoms with Crippen molar-refractivity contribution in [1.29, 1.82) is 0 Å². The lowest BCUT2D eigenvalue weighted by Gasteiger charge is -2.11. The van der Waals surface area contributed by atoms with Gasteiger partial charge >= 0.3 is 0 Å². The number of halogens is 1. The lowest BCUT2D eigenvalue weighted by Crippen LogP contribution is -2.07. The topological polar surface area (TPSA) is 17.8 Å². The Morgan fingerprint density at radius 1 is 1.16 bits per heavy atom. The van der Waals surface area contributed by atoms with E-state index < -0.39 is 0 Å². The van der Waals surface area contributed by atoms with Crippen molar-refractivity contribution in [2.24, 2.45) is 0 Å². The number of allylic oxidation sites excluding steroid dienone is 2. The minimum atomic E-state index is 0.959. The van der Waals surface area contributed by atoms with E-state index in [9.17, 15) is 0 Å². The molecule has 1 aromatic carbocycles. The maximum absolute atomic E-state index is 4.49. The third-order valence-corrected chi connectivity index (χ3v) is 5.10. The summed E-state index contributed by atoms with van der Waals surface area (Å²) in [6, 6.07) is 12.8. The first kappa shape index (κ1) is 17.9. The first-order valence-electron chi connectivity index (χ1n) is 9.05. The van der Waals surface area contributed by atoms with Crippen molar-refractivity contribution in [2.75, 3.05) is 0 Å². The maximum atomic E-state index is 4.49. The van der Waals surface area contributed by atoms with Gasteiger partial charge in [-0.2, -0.15) is 0 Å². The molecule has 0 N–H and O–H groups in total. The predicted octanol–water partition coefficient (Wildman–Crippen LogP) is 6.11. The normalized spacial score (nSPS) is 11.6. The van der Waals surface area contributed by atoms with Crippen LogP contribution in [0, 0.1) is 0 Å². The molecule has 130 valence electrons. The van der Waals surface area contributed by atoms with E-state index in [1.165, 1.54) is 22.2 Å². The Bertz CT molecular complexity index is 863. The van der Waals surface area contributed by atoms with Gasteiger partial charge in [-0.1, -0.05) is 47.5 Å². The highest BCUT2D eigenvalue weighted by molar-refractivity contribution is 9.10. The molecule has 0 fully saturated rings. The minimum absolute atomic E-state index is 0.959. The molecule has 3 aromatic rings. The molecule has 0 saturated carbocycles. The summed E-state index contributed by atoms with van der Waals surface area (Å²) in [6.07, 6.45) is 10.5. The Balaban J connectivity index is 2.06. The van der Waals surface area contributed by atoms with E-state index in [1.807, 2.05) is 12.3 Å². The van der Waals surface area contributed by atoms with Crippen molar-refractivity contribution in [2.45, 2.75) is 46.1 Å². The van der Waals surface area contributed by atoms with Crippen LogP contribution in [0.5, 0.6) is 0 Å². The third kappa shape index (κ3) is 4.04. The van der Waals surface area contributed by atoms with Crippen LogP contribution in [0.3, 0.4) is 0 Å². The molecule has 0 atom stereocenters. The van der Waals surface area contributed by atoms with Crippen molar-refractivity contribution in [3.63, 3.8) is 0 Å². The lowest BCUT2D eigenvalue weighted by atomic mass is 10.0. The molecule has 0 aliphatic carbocycles. The van der Waals surface area contributed by atoms with Gasteiger partial charge in [0.2, 0.25) is 0 Å². The monoisotopic (exact) mass is 396 g/mol. The largest absolute Gasteiger partial charge is 0.344 e. The molecular formula is C22H25BrN2. The summed E-state index contributed by atoms with van der Waals surface area (Å²) < 4.78 is 3.66. The van der Waals surface area contributed by atoms with Gasteiger partial charge in [0, 0.05) is 45.9 Å². The molecule has 2 aromatic heterocycles. The highest BCUT2D eigenvalue weighted by Gasteiger charge is 2.16. The van der Waals surface area contributed by atoms with Gasteiger partial charge in [-0.05, 0) is 55.7 Å². The first-order valence-corrected chi connectivity index (χ1v) is 9.84. The van der Waals surface area contributed by atoms with E-state index in [4.69, 9.17) is 0 Å². The van der Waals surface area contributed by atoms with Gasteiger partial charge < -0.3 is 4.57 Å². The lowest BCUT2D eigenvalue weighted by molar-refractivity contribution is 0.662. The Morgan fingerprint density at radius 2 is 2.04 bits per heavy atom. The number of aromatic nitrogens is 2. The fraction of sp³-hybridized carbons (Fsp3) is 0.318. The van der Waals surface area contributed by atoms with Crippen molar-refractivity contribution < 1.29 is 0 Å². The molecule has 25 heavy (non-hydrogen) atoms. The second-order valence-corrected chi connectivity index (χ2v) is 7.25. The Hall–Kier alpha value is -1.87. The van der Waals surface area contributed by atoms with Crippen LogP contribution in [-0.2, 0) is 25.8 Å². The molecule has 2 heterocycles. The van der Waals surface area contributed by atoms with E-state index in [1.54, 1.807) is 0 Å². The molecule has 0 aliphatic rings.